The molecule has 0 saturated heterocycles. The average molecular weight is 998 g/mol. The van der Waals surface area contributed by atoms with Gasteiger partial charge >= 0.3 is 33.9 Å². The van der Waals surface area contributed by atoms with Gasteiger partial charge in [0, 0.05) is 34.1 Å². The van der Waals surface area contributed by atoms with Crippen LogP contribution in [0.1, 0.15) is 16.7 Å². The van der Waals surface area contributed by atoms with Crippen molar-refractivity contribution in [1.29, 1.82) is 0 Å². The van der Waals surface area contributed by atoms with Crippen LogP contribution in [-0.4, -0.2) is 0 Å². The number of hydrogen-bond donors (Lipinski definition) is 0. The molecule has 3 nitrogen and oxygen atoms in total. The van der Waals surface area contributed by atoms with Crippen LogP contribution in [0.5, 0.6) is 0 Å². The number of rotatable bonds is 6. The summed E-state index contributed by atoms with van der Waals surface area (Å²) in [5.41, 5.74) is 13.8. The second kappa shape index (κ2) is 35.8. The maximum Gasteiger partial charge on any atom is 0 e. The van der Waals surface area contributed by atoms with E-state index in [1.54, 1.807) is 0 Å². The van der Waals surface area contributed by atoms with Crippen LogP contribution in [0.3, 0.4) is 0 Å². The van der Waals surface area contributed by atoms with Crippen LogP contribution in [0.2, 0.25) is 0 Å². The molecule has 9 rings (SSSR count). The van der Waals surface area contributed by atoms with Crippen LogP contribution < -0.4 is 31.8 Å². The van der Waals surface area contributed by atoms with E-state index in [-0.39, 0.29) is 17.4 Å². The summed E-state index contributed by atoms with van der Waals surface area (Å²) in [5.74, 6) is 10.0. The van der Waals surface area contributed by atoms with Crippen molar-refractivity contribution in [3.05, 3.63) is 310 Å². The molecule has 0 amide bonds. The summed E-state index contributed by atoms with van der Waals surface area (Å²) in [7, 11) is -3.18. The van der Waals surface area contributed by atoms with Crippen molar-refractivity contribution >= 4 is 55.6 Å². The molecule has 9 aromatic carbocycles. The Balaban J connectivity index is 0.000000261. The Labute approximate surface area is 428 Å². The Hall–Kier alpha value is -7.30. The fourth-order valence-corrected chi connectivity index (χ4v) is 12.4. The van der Waals surface area contributed by atoms with E-state index in [4.69, 9.17) is 14.0 Å². The second-order valence-corrected chi connectivity index (χ2v) is 20.6. The summed E-state index contributed by atoms with van der Waals surface area (Å²) in [6, 6.07) is 94.2. The summed E-state index contributed by atoms with van der Waals surface area (Å²) in [4.78, 5) is 0. The van der Waals surface area contributed by atoms with Crippen molar-refractivity contribution in [2.24, 2.45) is 0 Å². The van der Waals surface area contributed by atoms with E-state index in [0.717, 1.165) is 16.7 Å². The Morgan fingerprint density at radius 1 is 0.214 bits per heavy atom. The van der Waals surface area contributed by atoms with Crippen molar-refractivity contribution in [3.8, 4) is 34.7 Å². The van der Waals surface area contributed by atoms with Gasteiger partial charge in [-0.2, -0.15) is 0 Å². The molecule has 0 heterocycles. The first-order valence-electron chi connectivity index (χ1n) is 21.6. The minimum atomic E-state index is -1.06. The first-order chi connectivity index (χ1) is 34.3. The topological polar surface area (TPSA) is 59.7 Å². The summed E-state index contributed by atoms with van der Waals surface area (Å²) >= 11 is 0. The Morgan fingerprint density at radius 3 is 0.486 bits per heavy atom. The van der Waals surface area contributed by atoms with Gasteiger partial charge in [0.25, 0.3) is 0 Å². The van der Waals surface area contributed by atoms with E-state index < -0.39 is 23.8 Å². The first kappa shape index (κ1) is 57.0. The zero-order valence-electron chi connectivity index (χ0n) is 38.1. The molecule has 0 aliphatic heterocycles. The fraction of sp³-hybridized carbons (Fsp3) is 0. The van der Waals surface area contributed by atoms with E-state index in [0.29, 0.717) is 0 Å². The zero-order chi connectivity index (χ0) is 49.0. The van der Waals surface area contributed by atoms with Crippen LogP contribution >= 0.6 is 23.8 Å². The summed E-state index contributed by atoms with van der Waals surface area (Å²) in [6.45, 7) is 13.5. The molecular formula is C63H48CrO3P3+3. The fourth-order valence-electron chi connectivity index (χ4n) is 6.53. The van der Waals surface area contributed by atoms with Crippen molar-refractivity contribution in [3.63, 3.8) is 0 Å². The molecule has 0 fully saturated rings. The van der Waals surface area contributed by atoms with Gasteiger partial charge in [0.15, 0.2) is 0 Å². The molecule has 9 aromatic rings. The van der Waals surface area contributed by atoms with Gasteiger partial charge < -0.3 is 0 Å². The zero-order valence-corrected chi connectivity index (χ0v) is 42.4. The van der Waals surface area contributed by atoms with Gasteiger partial charge in [0.1, 0.15) is 55.6 Å². The third-order valence-electron chi connectivity index (χ3n) is 9.69. The van der Waals surface area contributed by atoms with Crippen molar-refractivity contribution < 1.29 is 31.3 Å². The van der Waals surface area contributed by atoms with E-state index in [1.807, 2.05) is 54.6 Å². The normalized spacial score (nSPS) is 9.04. The molecule has 0 aliphatic rings. The van der Waals surface area contributed by atoms with Crippen molar-refractivity contribution in [2.45, 2.75) is 0 Å². The molecule has 0 aromatic heterocycles. The molecular weight excluding hydrogens is 950 g/mol. The monoisotopic (exact) mass is 997 g/mol. The Morgan fingerprint density at radius 2 is 0.343 bits per heavy atom. The van der Waals surface area contributed by atoms with Crippen LogP contribution in [0.15, 0.2) is 273 Å². The number of benzene rings is 9. The molecule has 0 saturated carbocycles. The molecule has 70 heavy (non-hydrogen) atoms. The van der Waals surface area contributed by atoms with Gasteiger partial charge in [-0.25, -0.2) is 0 Å². The second-order valence-electron chi connectivity index (χ2n) is 14.2. The summed E-state index contributed by atoms with van der Waals surface area (Å²) < 4.78 is 22.5. The molecule has 0 unspecified atom stereocenters. The number of hydrogen-bond acceptors (Lipinski definition) is 0. The largest absolute Gasteiger partial charge is 0 e. The maximum absolute atomic E-state index is 7.50. The molecule has 0 radical (unpaired) electrons. The Bertz CT molecular complexity index is 2580. The molecule has 0 atom stereocenters. The van der Waals surface area contributed by atoms with E-state index in [9.17, 15) is 0 Å². The van der Waals surface area contributed by atoms with Gasteiger partial charge in [0.05, 0.1) is 17.0 Å². The molecule has 336 valence electrons. The molecule has 0 bridgehead atoms. The van der Waals surface area contributed by atoms with Gasteiger partial charge in [-0.1, -0.05) is 164 Å². The molecule has 0 N–H and O–H groups in total. The first-order valence-corrected chi connectivity index (χ1v) is 26.1. The predicted molar refractivity (Wildman–Crippen MR) is 293 cm³/mol. The quantitative estimate of drug-likeness (QED) is 0.0690. The maximum atomic E-state index is 7.50. The van der Waals surface area contributed by atoms with E-state index in [2.05, 4.69) is 273 Å². The molecule has 7 heteroatoms. The van der Waals surface area contributed by atoms with Gasteiger partial charge in [-0.05, 0) is 127 Å². The van der Waals surface area contributed by atoms with Gasteiger partial charge in [-0.3, -0.25) is 0 Å². The third-order valence-corrected chi connectivity index (χ3v) is 16.3. The third kappa shape index (κ3) is 20.1. The Kier molecular flexibility index (Phi) is 29.2. The van der Waals surface area contributed by atoms with Gasteiger partial charge in [-0.15, -0.1) is 0 Å². The van der Waals surface area contributed by atoms with Crippen LogP contribution in [0.25, 0.3) is 0 Å². The van der Waals surface area contributed by atoms with Crippen LogP contribution in [0.4, 0.5) is 0 Å². The summed E-state index contributed by atoms with van der Waals surface area (Å²) in [5, 5.41) is 7.98. The minimum absolute atomic E-state index is 0. The summed E-state index contributed by atoms with van der Waals surface area (Å²) in [6.07, 6.45) is 0. The average Bonchev–Trinajstić information content (AvgIpc) is 3.46. The van der Waals surface area contributed by atoms with Crippen LogP contribution in [-0.2, 0) is 31.3 Å². The predicted octanol–water partition coefficient (Wildman–Crippen LogP) is 11.5. The minimum Gasteiger partial charge on any atom is 0 e. The van der Waals surface area contributed by atoms with Crippen LogP contribution in [0, 0.1) is 54.7 Å². The van der Waals surface area contributed by atoms with E-state index >= 15 is 0 Å². The standard InChI is InChI=1S/3C20H15P.3CO.Cr/c3*1-4-10-18(11-5-1)16-17-21(19-12-6-2-7-13-19)20-14-8-3-9-15-20;3*1-2;/h3*1-15H;;;;/p+3. The molecule has 0 spiro atoms. The van der Waals surface area contributed by atoms with Gasteiger partial charge in [0.2, 0.25) is 0 Å². The van der Waals surface area contributed by atoms with Crippen molar-refractivity contribution in [2.75, 3.05) is 0 Å². The van der Waals surface area contributed by atoms with E-state index in [1.165, 1.54) is 31.8 Å². The molecule has 0 aliphatic carbocycles. The SMILES string of the molecule is C(#C[PH+](c1ccccc1)c1ccccc1)c1ccccc1.C(#C[PH+](c1ccccc1)c1ccccc1)c1ccccc1.C(#C[PH+](c1ccccc1)c1ccccc1)c1ccccc1.[C-]#[O+].[C-]#[O+].[C-]#[O+].[Cr]. The smallest absolute Gasteiger partial charge is 0 e. The van der Waals surface area contributed by atoms with Crippen molar-refractivity contribution in [1.82, 2.24) is 0 Å².